The lowest BCUT2D eigenvalue weighted by atomic mass is 10.1. The first-order valence-corrected chi connectivity index (χ1v) is 11.6. The highest BCUT2D eigenvalue weighted by molar-refractivity contribution is 7.13. The van der Waals surface area contributed by atoms with Crippen molar-refractivity contribution in [3.05, 3.63) is 39.9 Å². The third kappa shape index (κ3) is 9.13. The molecular formula is C22H30ClN3O3S. The molecule has 0 saturated carbocycles. The number of rotatable bonds is 14. The van der Waals surface area contributed by atoms with E-state index in [1.165, 1.54) is 57.0 Å². The van der Waals surface area contributed by atoms with Crippen molar-refractivity contribution in [1.82, 2.24) is 4.98 Å². The fourth-order valence-corrected chi connectivity index (χ4v) is 3.65. The second-order valence-electron chi connectivity index (χ2n) is 6.92. The zero-order valence-corrected chi connectivity index (χ0v) is 19.2. The number of hydrazone groups is 1. The van der Waals surface area contributed by atoms with Crippen LogP contribution >= 0.6 is 22.9 Å². The summed E-state index contributed by atoms with van der Waals surface area (Å²) in [4.78, 5) is 15.5. The minimum Gasteiger partial charge on any atom is -0.494 e. The van der Waals surface area contributed by atoms with E-state index >= 15 is 0 Å². The van der Waals surface area contributed by atoms with Crippen LogP contribution in [-0.4, -0.2) is 30.9 Å². The van der Waals surface area contributed by atoms with Crippen molar-refractivity contribution in [1.29, 1.82) is 0 Å². The van der Waals surface area contributed by atoms with Gasteiger partial charge in [0.2, 0.25) is 5.13 Å². The smallest absolute Gasteiger partial charge is 0.311 e. The maximum absolute atomic E-state index is 11.3. The second-order valence-corrected chi connectivity index (χ2v) is 8.19. The summed E-state index contributed by atoms with van der Waals surface area (Å²) >= 11 is 7.70. The number of carbonyl (C=O) groups excluding carboxylic acids is 1. The Morgan fingerprint density at radius 3 is 2.73 bits per heavy atom. The normalized spacial score (nSPS) is 11.0. The maximum atomic E-state index is 11.3. The molecule has 0 spiro atoms. The molecule has 6 nitrogen and oxygen atoms in total. The summed E-state index contributed by atoms with van der Waals surface area (Å²) < 4.78 is 10.4. The summed E-state index contributed by atoms with van der Waals surface area (Å²) in [5, 5.41) is 7.12. The largest absolute Gasteiger partial charge is 0.494 e. The summed E-state index contributed by atoms with van der Waals surface area (Å²) in [6, 6.07) is 5.58. The molecule has 0 saturated heterocycles. The molecule has 0 radical (unpaired) electrons. The number of unbranched alkanes of at least 4 members (excludes halogenated alkanes) is 6. The Morgan fingerprint density at radius 1 is 1.23 bits per heavy atom. The first-order chi connectivity index (χ1) is 14.6. The van der Waals surface area contributed by atoms with Gasteiger partial charge >= 0.3 is 5.97 Å². The molecule has 8 heteroatoms. The van der Waals surface area contributed by atoms with Gasteiger partial charge in [-0.05, 0) is 24.6 Å². The van der Waals surface area contributed by atoms with Crippen molar-refractivity contribution < 1.29 is 14.3 Å². The molecule has 164 valence electrons. The minimum absolute atomic E-state index is 0.143. The van der Waals surface area contributed by atoms with Gasteiger partial charge in [-0.2, -0.15) is 5.10 Å². The van der Waals surface area contributed by atoms with E-state index in [1.807, 2.05) is 18.2 Å². The third-order valence-corrected chi connectivity index (χ3v) is 5.58. The second kappa shape index (κ2) is 14.0. The quantitative estimate of drug-likeness (QED) is 0.163. The van der Waals surface area contributed by atoms with Gasteiger partial charge in [0.25, 0.3) is 0 Å². The fourth-order valence-electron chi connectivity index (χ4n) is 2.77. The SMILES string of the molecule is CCCCCCCCCOc1ccc(/C=N\Nc2nc(CC(=O)OC)cs2)c(Cl)c1. The van der Waals surface area contributed by atoms with Crippen molar-refractivity contribution in [3.8, 4) is 5.75 Å². The summed E-state index contributed by atoms with van der Waals surface area (Å²) in [5.74, 6) is 0.444. The highest BCUT2D eigenvalue weighted by Gasteiger charge is 2.07. The van der Waals surface area contributed by atoms with Crippen LogP contribution in [0.15, 0.2) is 28.7 Å². The number of nitrogens with one attached hydrogen (secondary N) is 1. The monoisotopic (exact) mass is 451 g/mol. The molecular weight excluding hydrogens is 422 g/mol. The molecule has 30 heavy (non-hydrogen) atoms. The predicted octanol–water partition coefficient (Wildman–Crippen LogP) is 6.09. The first-order valence-electron chi connectivity index (χ1n) is 10.3. The summed E-state index contributed by atoms with van der Waals surface area (Å²) in [5.41, 5.74) is 4.27. The molecule has 2 rings (SSSR count). The maximum Gasteiger partial charge on any atom is 0.311 e. The van der Waals surface area contributed by atoms with Crippen LogP contribution in [0.5, 0.6) is 5.75 Å². The molecule has 0 fully saturated rings. The first kappa shape index (κ1) is 24.2. The highest BCUT2D eigenvalue weighted by Crippen LogP contribution is 2.22. The Balaban J connectivity index is 1.72. The van der Waals surface area contributed by atoms with E-state index in [4.69, 9.17) is 16.3 Å². The van der Waals surface area contributed by atoms with Crippen LogP contribution in [0.2, 0.25) is 5.02 Å². The average Bonchev–Trinajstić information content (AvgIpc) is 3.18. The van der Waals surface area contributed by atoms with Crippen LogP contribution in [0.1, 0.15) is 63.1 Å². The number of benzene rings is 1. The molecule has 0 atom stereocenters. The van der Waals surface area contributed by atoms with Crippen LogP contribution in [0.4, 0.5) is 5.13 Å². The Hall–Kier alpha value is -2.12. The van der Waals surface area contributed by atoms with Gasteiger partial charge in [0, 0.05) is 10.9 Å². The standard InChI is InChI=1S/C22H30ClN3O3S/c1-3-4-5-6-7-8-9-12-29-19-11-10-17(20(23)14-19)15-24-26-22-25-18(16-30-22)13-21(27)28-2/h10-11,14-16H,3-9,12-13H2,1-2H3,(H,25,26)/b24-15-. The van der Waals surface area contributed by atoms with Gasteiger partial charge in [-0.3, -0.25) is 10.2 Å². The summed E-state index contributed by atoms with van der Waals surface area (Å²) in [6.07, 6.45) is 10.6. The zero-order chi connectivity index (χ0) is 21.6. The number of hydrogen-bond acceptors (Lipinski definition) is 7. The van der Waals surface area contributed by atoms with E-state index in [0.717, 1.165) is 17.7 Å². The van der Waals surface area contributed by atoms with Gasteiger partial charge in [-0.1, -0.05) is 57.0 Å². The molecule has 0 aliphatic carbocycles. The van der Waals surface area contributed by atoms with E-state index in [-0.39, 0.29) is 12.4 Å². The Morgan fingerprint density at radius 2 is 2.00 bits per heavy atom. The van der Waals surface area contributed by atoms with Crippen molar-refractivity contribution in [3.63, 3.8) is 0 Å². The Labute approximate surface area is 187 Å². The van der Waals surface area contributed by atoms with Crippen LogP contribution in [0.25, 0.3) is 0 Å². The topological polar surface area (TPSA) is 72.8 Å². The predicted molar refractivity (Wildman–Crippen MR) is 124 cm³/mol. The number of anilines is 1. The molecule has 1 heterocycles. The number of ether oxygens (including phenoxy) is 2. The van der Waals surface area contributed by atoms with Gasteiger partial charge in [0.05, 0.1) is 37.1 Å². The van der Waals surface area contributed by atoms with Gasteiger partial charge < -0.3 is 9.47 Å². The lowest BCUT2D eigenvalue weighted by Gasteiger charge is -2.07. The molecule has 2 aromatic rings. The molecule has 1 aromatic carbocycles. The molecule has 0 bridgehead atoms. The molecule has 0 amide bonds. The van der Waals surface area contributed by atoms with Crippen LogP contribution in [0.3, 0.4) is 0 Å². The number of halogens is 1. The van der Waals surface area contributed by atoms with E-state index in [0.29, 0.717) is 22.5 Å². The number of thiazole rings is 1. The van der Waals surface area contributed by atoms with Gasteiger partial charge in [0.15, 0.2) is 0 Å². The van der Waals surface area contributed by atoms with Crippen molar-refractivity contribution in [2.75, 3.05) is 19.1 Å². The summed E-state index contributed by atoms with van der Waals surface area (Å²) in [7, 11) is 1.35. The lowest BCUT2D eigenvalue weighted by molar-refractivity contribution is -0.139. The van der Waals surface area contributed by atoms with E-state index < -0.39 is 0 Å². The molecule has 0 aliphatic rings. The van der Waals surface area contributed by atoms with Crippen LogP contribution in [0, 0.1) is 0 Å². The Kier molecular flexibility index (Phi) is 11.3. The van der Waals surface area contributed by atoms with Crippen molar-refractivity contribution in [2.24, 2.45) is 5.10 Å². The third-order valence-electron chi connectivity index (χ3n) is 4.46. The van der Waals surface area contributed by atoms with Gasteiger partial charge in [0.1, 0.15) is 5.75 Å². The number of nitrogens with zero attached hydrogens (tertiary/aromatic N) is 2. The number of hydrogen-bond donors (Lipinski definition) is 1. The van der Waals surface area contributed by atoms with Crippen LogP contribution < -0.4 is 10.2 Å². The van der Waals surface area contributed by atoms with E-state index in [2.05, 4.69) is 27.2 Å². The molecule has 1 N–H and O–H groups in total. The number of aromatic nitrogens is 1. The lowest BCUT2D eigenvalue weighted by Crippen LogP contribution is -2.04. The zero-order valence-electron chi connectivity index (χ0n) is 17.7. The Bertz CT molecular complexity index is 811. The minimum atomic E-state index is -0.323. The molecule has 0 aliphatic heterocycles. The van der Waals surface area contributed by atoms with Crippen LogP contribution in [-0.2, 0) is 16.0 Å². The van der Waals surface area contributed by atoms with Gasteiger partial charge in [-0.15, -0.1) is 11.3 Å². The highest BCUT2D eigenvalue weighted by atomic mass is 35.5. The van der Waals surface area contributed by atoms with E-state index in [9.17, 15) is 4.79 Å². The van der Waals surface area contributed by atoms with Gasteiger partial charge in [-0.25, -0.2) is 4.98 Å². The molecule has 0 unspecified atom stereocenters. The number of esters is 1. The molecule has 1 aromatic heterocycles. The van der Waals surface area contributed by atoms with E-state index in [1.54, 1.807) is 11.6 Å². The fraction of sp³-hybridized carbons (Fsp3) is 0.500. The van der Waals surface area contributed by atoms with Crippen molar-refractivity contribution >= 4 is 40.3 Å². The average molecular weight is 452 g/mol. The van der Waals surface area contributed by atoms with Crippen molar-refractivity contribution in [2.45, 2.75) is 58.3 Å². The number of carbonyl (C=O) groups is 1. The summed E-state index contributed by atoms with van der Waals surface area (Å²) in [6.45, 7) is 2.94. The number of methoxy groups -OCH3 is 1.